The molecule has 0 saturated heterocycles. The first-order valence-corrected chi connectivity index (χ1v) is 6.87. The largest absolute Gasteiger partial charge is 0.371 e. The molecule has 2 aromatic rings. The first-order valence-electron chi connectivity index (χ1n) is 5.79. The van der Waals surface area contributed by atoms with Crippen molar-refractivity contribution in [1.82, 2.24) is 0 Å². The Morgan fingerprint density at radius 1 is 1.10 bits per heavy atom. The zero-order valence-corrected chi connectivity index (χ0v) is 12.4. The molecule has 0 saturated carbocycles. The molecule has 0 aliphatic carbocycles. The van der Waals surface area contributed by atoms with Crippen molar-refractivity contribution < 1.29 is 13.6 Å². The average Bonchev–Trinajstić information content (AvgIpc) is 2.38. The Hall–Kier alpha value is -1.70. The maximum atomic E-state index is 13.3. The molecular formula is C14H11F2IN2O. The lowest BCUT2D eigenvalue weighted by Crippen LogP contribution is -2.22. The first-order chi connectivity index (χ1) is 9.56. The van der Waals surface area contributed by atoms with Crippen LogP contribution < -0.4 is 10.6 Å². The fourth-order valence-electron chi connectivity index (χ4n) is 1.61. The van der Waals surface area contributed by atoms with E-state index in [9.17, 15) is 13.6 Å². The number of carbonyl (C=O) groups is 1. The first kappa shape index (κ1) is 14.7. The van der Waals surface area contributed by atoms with Crippen molar-refractivity contribution in [1.29, 1.82) is 0 Å². The van der Waals surface area contributed by atoms with Gasteiger partial charge in [0.2, 0.25) is 5.91 Å². The number of nitrogens with one attached hydrogen (secondary N) is 2. The summed E-state index contributed by atoms with van der Waals surface area (Å²) < 4.78 is 27.7. The molecule has 1 amide bonds. The van der Waals surface area contributed by atoms with Crippen LogP contribution in [-0.2, 0) is 4.79 Å². The van der Waals surface area contributed by atoms with Crippen LogP contribution >= 0.6 is 22.6 Å². The molecule has 2 rings (SSSR count). The third-order valence-electron chi connectivity index (χ3n) is 2.50. The molecule has 0 atom stereocenters. The Labute approximate surface area is 128 Å². The Morgan fingerprint density at radius 2 is 1.75 bits per heavy atom. The maximum Gasteiger partial charge on any atom is 0.243 e. The number of rotatable bonds is 4. The van der Waals surface area contributed by atoms with Crippen LogP contribution in [0.4, 0.5) is 20.2 Å². The highest BCUT2D eigenvalue weighted by atomic mass is 127. The van der Waals surface area contributed by atoms with Gasteiger partial charge in [-0.3, -0.25) is 4.79 Å². The van der Waals surface area contributed by atoms with Gasteiger partial charge in [0.15, 0.2) is 0 Å². The molecule has 0 fully saturated rings. The second-order valence-corrected chi connectivity index (χ2v) is 5.25. The summed E-state index contributed by atoms with van der Waals surface area (Å²) in [7, 11) is 0. The van der Waals surface area contributed by atoms with Gasteiger partial charge < -0.3 is 10.6 Å². The van der Waals surface area contributed by atoms with Gasteiger partial charge in [-0.05, 0) is 52.9 Å². The van der Waals surface area contributed by atoms with Gasteiger partial charge in [-0.25, -0.2) is 8.78 Å². The van der Waals surface area contributed by atoms with Crippen molar-refractivity contribution in [3.63, 3.8) is 0 Å². The summed E-state index contributed by atoms with van der Waals surface area (Å²) in [5.74, 6) is -1.84. The van der Waals surface area contributed by atoms with Gasteiger partial charge in [0.1, 0.15) is 17.3 Å². The van der Waals surface area contributed by atoms with E-state index in [1.54, 1.807) is 18.2 Å². The molecule has 0 aliphatic heterocycles. The van der Waals surface area contributed by atoms with E-state index in [1.807, 2.05) is 6.07 Å². The van der Waals surface area contributed by atoms with E-state index in [0.717, 1.165) is 15.7 Å². The molecular weight excluding hydrogens is 377 g/mol. The topological polar surface area (TPSA) is 41.1 Å². The smallest absolute Gasteiger partial charge is 0.243 e. The molecule has 0 radical (unpaired) electrons. The Kier molecular flexibility index (Phi) is 4.89. The van der Waals surface area contributed by atoms with Crippen LogP contribution in [0.1, 0.15) is 0 Å². The minimum atomic E-state index is -0.730. The van der Waals surface area contributed by atoms with E-state index in [2.05, 4.69) is 33.2 Å². The van der Waals surface area contributed by atoms with Crippen LogP contribution in [0.5, 0.6) is 0 Å². The van der Waals surface area contributed by atoms with Crippen molar-refractivity contribution in [2.45, 2.75) is 0 Å². The number of hydrogen-bond donors (Lipinski definition) is 2. The van der Waals surface area contributed by atoms with E-state index in [1.165, 1.54) is 6.07 Å². The van der Waals surface area contributed by atoms with Crippen LogP contribution in [0.3, 0.4) is 0 Å². The maximum absolute atomic E-state index is 13.3. The summed E-state index contributed by atoms with van der Waals surface area (Å²) in [6, 6.07) is 10.8. The number of amides is 1. The van der Waals surface area contributed by atoms with Gasteiger partial charge in [0.25, 0.3) is 0 Å². The lowest BCUT2D eigenvalue weighted by Gasteiger charge is -2.09. The number of para-hydroxylation sites is 1. The number of benzene rings is 2. The molecule has 0 bridgehead atoms. The van der Waals surface area contributed by atoms with Crippen LogP contribution in [0, 0.1) is 15.2 Å². The fourth-order valence-corrected chi connectivity index (χ4v) is 2.15. The average molecular weight is 388 g/mol. The summed E-state index contributed by atoms with van der Waals surface area (Å²) in [5.41, 5.74) is 0.336. The Bertz CT molecular complexity index is 614. The Balaban J connectivity index is 1.96. The second-order valence-electron chi connectivity index (χ2n) is 4.01. The van der Waals surface area contributed by atoms with Crippen molar-refractivity contribution in [2.75, 3.05) is 17.2 Å². The van der Waals surface area contributed by atoms with Crippen molar-refractivity contribution in [3.8, 4) is 0 Å². The molecule has 0 aliphatic rings. The predicted molar refractivity (Wildman–Crippen MR) is 82.6 cm³/mol. The molecule has 6 heteroatoms. The zero-order valence-electron chi connectivity index (χ0n) is 10.3. The molecule has 0 aromatic heterocycles. The summed E-state index contributed by atoms with van der Waals surface area (Å²) >= 11 is 2.13. The van der Waals surface area contributed by atoms with Crippen LogP contribution in [0.2, 0.25) is 0 Å². The van der Waals surface area contributed by atoms with Gasteiger partial charge in [-0.15, -0.1) is 0 Å². The zero-order chi connectivity index (χ0) is 14.5. The highest BCUT2D eigenvalue weighted by Crippen LogP contribution is 2.17. The predicted octanol–water partition coefficient (Wildman–Crippen LogP) is 3.62. The SMILES string of the molecule is O=C(CNc1c(F)cccc1F)Nc1cccc(I)c1. The van der Waals surface area contributed by atoms with E-state index in [4.69, 9.17) is 0 Å². The van der Waals surface area contributed by atoms with Crippen LogP contribution in [0.25, 0.3) is 0 Å². The molecule has 0 heterocycles. The molecule has 2 N–H and O–H groups in total. The van der Waals surface area contributed by atoms with Gasteiger partial charge in [-0.1, -0.05) is 12.1 Å². The van der Waals surface area contributed by atoms with Crippen molar-refractivity contribution >= 4 is 39.9 Å². The summed E-state index contributed by atoms with van der Waals surface area (Å²) in [5, 5.41) is 5.09. The van der Waals surface area contributed by atoms with Crippen molar-refractivity contribution in [2.24, 2.45) is 0 Å². The number of anilines is 2. The van der Waals surface area contributed by atoms with Gasteiger partial charge in [-0.2, -0.15) is 0 Å². The minimum Gasteiger partial charge on any atom is -0.371 e. The quantitative estimate of drug-likeness (QED) is 0.786. The minimum absolute atomic E-state index is 0.219. The van der Waals surface area contributed by atoms with Gasteiger partial charge in [0, 0.05) is 9.26 Å². The summed E-state index contributed by atoms with van der Waals surface area (Å²) in [6.45, 7) is -0.219. The Morgan fingerprint density at radius 3 is 2.40 bits per heavy atom. The highest BCUT2D eigenvalue weighted by Gasteiger charge is 2.09. The summed E-state index contributed by atoms with van der Waals surface area (Å²) in [4.78, 5) is 11.7. The standard InChI is InChI=1S/C14H11F2IN2O/c15-11-5-2-6-12(16)14(11)18-8-13(20)19-10-4-1-3-9(17)7-10/h1-7,18H,8H2,(H,19,20). The molecule has 3 nitrogen and oxygen atoms in total. The normalized spacial score (nSPS) is 10.2. The molecule has 0 unspecified atom stereocenters. The highest BCUT2D eigenvalue weighted by molar-refractivity contribution is 14.1. The number of halogens is 3. The third kappa shape index (κ3) is 3.89. The summed E-state index contributed by atoms with van der Waals surface area (Å²) in [6.07, 6.45) is 0. The van der Waals surface area contributed by atoms with Crippen LogP contribution in [0.15, 0.2) is 42.5 Å². The van der Waals surface area contributed by atoms with E-state index >= 15 is 0 Å². The van der Waals surface area contributed by atoms with E-state index in [-0.39, 0.29) is 18.1 Å². The molecule has 2 aromatic carbocycles. The monoisotopic (exact) mass is 388 g/mol. The van der Waals surface area contributed by atoms with E-state index < -0.39 is 11.6 Å². The third-order valence-corrected chi connectivity index (χ3v) is 3.17. The lowest BCUT2D eigenvalue weighted by atomic mass is 10.3. The molecule has 104 valence electrons. The van der Waals surface area contributed by atoms with Crippen LogP contribution in [-0.4, -0.2) is 12.5 Å². The molecule has 20 heavy (non-hydrogen) atoms. The van der Waals surface area contributed by atoms with Crippen molar-refractivity contribution in [3.05, 3.63) is 57.7 Å². The molecule has 0 spiro atoms. The van der Waals surface area contributed by atoms with E-state index in [0.29, 0.717) is 5.69 Å². The number of hydrogen-bond acceptors (Lipinski definition) is 2. The number of carbonyl (C=O) groups excluding carboxylic acids is 1. The van der Waals surface area contributed by atoms with Gasteiger partial charge in [0.05, 0.1) is 6.54 Å². The lowest BCUT2D eigenvalue weighted by molar-refractivity contribution is -0.114. The van der Waals surface area contributed by atoms with Gasteiger partial charge >= 0.3 is 0 Å². The fraction of sp³-hybridized carbons (Fsp3) is 0.0714. The second kappa shape index (κ2) is 6.65.